The predicted molar refractivity (Wildman–Crippen MR) is 163 cm³/mol. The summed E-state index contributed by atoms with van der Waals surface area (Å²) in [7, 11) is 0. The molecule has 0 unspecified atom stereocenters. The Morgan fingerprint density at radius 3 is 1.70 bits per heavy atom. The van der Waals surface area contributed by atoms with Crippen molar-refractivity contribution in [2.24, 2.45) is 5.92 Å². The van der Waals surface area contributed by atoms with Crippen molar-refractivity contribution >= 4 is 12.2 Å². The second kappa shape index (κ2) is 16.9. The number of carbonyl (C=O) groups is 2. The Bertz CT molecular complexity index is 941. The van der Waals surface area contributed by atoms with Crippen molar-refractivity contribution in [3.8, 4) is 0 Å². The standard InChI is InChI=1S/C33H51N3O4/c1-32(2,3)39-30(37)35-25-29(36-31(38)40-33(4,5)6)18-13-23-34-24-28(21-19-26-14-9-7-10-15-26)22-20-27-16-11-8-12-17-27/h7-12,14-17,28-29,34H,13,18-25H2,1-6H3,(H,35,37)(H,36,38)/t29-/m0/s1. The molecule has 2 amide bonds. The molecule has 0 aromatic heterocycles. The highest BCUT2D eigenvalue weighted by molar-refractivity contribution is 5.69. The molecule has 0 radical (unpaired) electrons. The highest BCUT2D eigenvalue weighted by Gasteiger charge is 2.21. The smallest absolute Gasteiger partial charge is 0.407 e. The molecule has 0 aliphatic heterocycles. The molecule has 2 aromatic rings. The third kappa shape index (κ3) is 16.1. The van der Waals surface area contributed by atoms with Gasteiger partial charge in [-0.1, -0.05) is 60.7 Å². The zero-order valence-corrected chi connectivity index (χ0v) is 25.4. The molecular weight excluding hydrogens is 502 g/mol. The van der Waals surface area contributed by atoms with Crippen molar-refractivity contribution < 1.29 is 19.1 Å². The van der Waals surface area contributed by atoms with Crippen molar-refractivity contribution in [2.45, 2.75) is 97.3 Å². The molecule has 0 saturated carbocycles. The molecule has 0 aliphatic carbocycles. The SMILES string of the molecule is CC(C)(C)OC(=O)NC[C@H](CCCNCC(CCc1ccccc1)CCc1ccccc1)NC(=O)OC(C)(C)C. The number of nitrogens with one attached hydrogen (secondary N) is 3. The van der Waals surface area contributed by atoms with Crippen LogP contribution in [0.3, 0.4) is 0 Å². The number of hydrogen-bond donors (Lipinski definition) is 3. The zero-order chi connectivity index (χ0) is 29.4. The van der Waals surface area contributed by atoms with Crippen LogP contribution < -0.4 is 16.0 Å². The molecule has 2 aromatic carbocycles. The second-order valence-corrected chi connectivity index (χ2v) is 12.5. The minimum Gasteiger partial charge on any atom is -0.444 e. The van der Waals surface area contributed by atoms with E-state index in [1.807, 2.05) is 41.5 Å². The maximum absolute atomic E-state index is 12.4. The lowest BCUT2D eigenvalue weighted by molar-refractivity contribution is 0.0460. The van der Waals surface area contributed by atoms with Crippen molar-refractivity contribution in [3.05, 3.63) is 71.8 Å². The summed E-state index contributed by atoms with van der Waals surface area (Å²) in [6, 6.07) is 21.1. The minimum absolute atomic E-state index is 0.267. The number of carbonyl (C=O) groups excluding carboxylic acids is 2. The molecule has 0 heterocycles. The maximum atomic E-state index is 12.4. The van der Waals surface area contributed by atoms with Gasteiger partial charge in [0.1, 0.15) is 11.2 Å². The summed E-state index contributed by atoms with van der Waals surface area (Å²) in [6.07, 6.45) is 4.96. The van der Waals surface area contributed by atoms with Gasteiger partial charge in [-0.3, -0.25) is 0 Å². The van der Waals surface area contributed by atoms with E-state index in [0.29, 0.717) is 12.3 Å². The summed E-state index contributed by atoms with van der Waals surface area (Å²) in [5, 5.41) is 9.33. The molecule has 0 saturated heterocycles. The van der Waals surface area contributed by atoms with Gasteiger partial charge in [-0.05, 0) is 110 Å². The van der Waals surface area contributed by atoms with E-state index in [4.69, 9.17) is 9.47 Å². The van der Waals surface area contributed by atoms with Gasteiger partial charge in [0.05, 0.1) is 0 Å². The van der Waals surface area contributed by atoms with E-state index in [1.54, 1.807) is 0 Å². The highest BCUT2D eigenvalue weighted by atomic mass is 16.6. The van der Waals surface area contributed by atoms with Gasteiger partial charge < -0.3 is 25.4 Å². The van der Waals surface area contributed by atoms with Gasteiger partial charge in [-0.15, -0.1) is 0 Å². The number of rotatable bonds is 15. The van der Waals surface area contributed by atoms with Crippen LogP contribution in [0.2, 0.25) is 0 Å². The molecule has 222 valence electrons. The first-order valence-electron chi connectivity index (χ1n) is 14.6. The lowest BCUT2D eigenvalue weighted by Gasteiger charge is -2.25. The summed E-state index contributed by atoms with van der Waals surface area (Å²) < 4.78 is 10.8. The molecule has 0 bridgehead atoms. The van der Waals surface area contributed by atoms with Crippen molar-refractivity contribution in [1.82, 2.24) is 16.0 Å². The van der Waals surface area contributed by atoms with Crippen LogP contribution in [0.5, 0.6) is 0 Å². The molecule has 7 heteroatoms. The van der Waals surface area contributed by atoms with Crippen LogP contribution >= 0.6 is 0 Å². The van der Waals surface area contributed by atoms with E-state index < -0.39 is 23.4 Å². The Morgan fingerprint density at radius 1 is 0.700 bits per heavy atom. The van der Waals surface area contributed by atoms with Crippen LogP contribution in [-0.4, -0.2) is 49.1 Å². The predicted octanol–water partition coefficient (Wildman–Crippen LogP) is 6.66. The average Bonchev–Trinajstić information content (AvgIpc) is 2.87. The Balaban J connectivity index is 1.85. The van der Waals surface area contributed by atoms with Crippen molar-refractivity contribution in [2.75, 3.05) is 19.6 Å². The Labute approximate surface area is 241 Å². The molecule has 0 spiro atoms. The van der Waals surface area contributed by atoms with Crippen LogP contribution in [0.25, 0.3) is 0 Å². The molecule has 3 N–H and O–H groups in total. The number of benzene rings is 2. The number of amides is 2. The quantitative estimate of drug-likeness (QED) is 0.215. The third-order valence-corrected chi connectivity index (χ3v) is 6.32. The van der Waals surface area contributed by atoms with Crippen molar-refractivity contribution in [3.63, 3.8) is 0 Å². The molecule has 7 nitrogen and oxygen atoms in total. The monoisotopic (exact) mass is 553 g/mol. The fourth-order valence-electron chi connectivity index (χ4n) is 4.38. The molecule has 0 fully saturated rings. The number of aryl methyl sites for hydroxylation is 2. The number of hydrogen-bond acceptors (Lipinski definition) is 5. The summed E-state index contributed by atoms with van der Waals surface area (Å²) in [6.45, 7) is 13.0. The first-order chi connectivity index (χ1) is 18.9. The normalized spacial score (nSPS) is 12.6. The molecule has 2 rings (SSSR count). The zero-order valence-electron chi connectivity index (χ0n) is 25.4. The van der Waals surface area contributed by atoms with E-state index in [0.717, 1.165) is 45.2 Å². The number of ether oxygens (including phenoxy) is 2. The van der Waals surface area contributed by atoms with Crippen molar-refractivity contribution in [1.29, 1.82) is 0 Å². The third-order valence-electron chi connectivity index (χ3n) is 6.32. The first-order valence-corrected chi connectivity index (χ1v) is 14.6. The summed E-state index contributed by atoms with van der Waals surface area (Å²) in [5.41, 5.74) is 1.57. The fourth-order valence-corrected chi connectivity index (χ4v) is 4.38. The van der Waals surface area contributed by atoms with Gasteiger partial charge in [0.2, 0.25) is 0 Å². The van der Waals surface area contributed by atoms with Gasteiger partial charge in [0.25, 0.3) is 0 Å². The summed E-state index contributed by atoms with van der Waals surface area (Å²) in [5.74, 6) is 0.560. The lowest BCUT2D eigenvalue weighted by Crippen LogP contribution is -2.46. The molecule has 1 atom stereocenters. The summed E-state index contributed by atoms with van der Waals surface area (Å²) in [4.78, 5) is 24.6. The average molecular weight is 554 g/mol. The van der Waals surface area contributed by atoms with E-state index in [9.17, 15) is 9.59 Å². The van der Waals surface area contributed by atoms with Gasteiger partial charge in [0, 0.05) is 12.6 Å². The Morgan fingerprint density at radius 2 is 1.20 bits per heavy atom. The largest absolute Gasteiger partial charge is 0.444 e. The maximum Gasteiger partial charge on any atom is 0.407 e. The summed E-state index contributed by atoms with van der Waals surface area (Å²) >= 11 is 0. The Kier molecular flexibility index (Phi) is 14.0. The topological polar surface area (TPSA) is 88.7 Å². The highest BCUT2D eigenvalue weighted by Crippen LogP contribution is 2.16. The van der Waals surface area contributed by atoms with Crippen LogP contribution in [0.15, 0.2) is 60.7 Å². The van der Waals surface area contributed by atoms with Crippen LogP contribution in [0.4, 0.5) is 9.59 Å². The molecule has 40 heavy (non-hydrogen) atoms. The van der Waals surface area contributed by atoms with Gasteiger partial charge >= 0.3 is 12.2 Å². The second-order valence-electron chi connectivity index (χ2n) is 12.5. The van der Waals surface area contributed by atoms with E-state index in [-0.39, 0.29) is 12.6 Å². The van der Waals surface area contributed by atoms with E-state index in [2.05, 4.69) is 76.6 Å². The molecular formula is C33H51N3O4. The lowest BCUT2D eigenvalue weighted by atomic mass is 9.93. The molecule has 0 aliphatic rings. The minimum atomic E-state index is -0.594. The van der Waals surface area contributed by atoms with Gasteiger partial charge in [-0.25, -0.2) is 9.59 Å². The van der Waals surface area contributed by atoms with Crippen LogP contribution in [0, 0.1) is 5.92 Å². The fraction of sp³-hybridized carbons (Fsp3) is 0.576. The van der Waals surface area contributed by atoms with E-state index in [1.165, 1.54) is 11.1 Å². The van der Waals surface area contributed by atoms with Crippen LogP contribution in [0.1, 0.15) is 78.4 Å². The van der Waals surface area contributed by atoms with Crippen LogP contribution in [-0.2, 0) is 22.3 Å². The first kappa shape index (κ1) is 33.1. The number of alkyl carbamates (subject to hydrolysis) is 2. The van der Waals surface area contributed by atoms with E-state index >= 15 is 0 Å². The van der Waals surface area contributed by atoms with Gasteiger partial charge in [0.15, 0.2) is 0 Å². The van der Waals surface area contributed by atoms with Gasteiger partial charge in [-0.2, -0.15) is 0 Å². The Hall–Kier alpha value is -3.06.